The number of aromatic nitrogens is 1. The Morgan fingerprint density at radius 1 is 1.50 bits per heavy atom. The van der Waals surface area contributed by atoms with Crippen LogP contribution >= 0.6 is 0 Å². The summed E-state index contributed by atoms with van der Waals surface area (Å²) in [6.07, 6.45) is 6.13. The van der Waals surface area contributed by atoms with Crippen LogP contribution in [0, 0.1) is 5.41 Å². The van der Waals surface area contributed by atoms with E-state index in [4.69, 9.17) is 5.73 Å². The van der Waals surface area contributed by atoms with Crippen molar-refractivity contribution in [3.05, 3.63) is 30.1 Å². The Kier molecular flexibility index (Phi) is 2.11. The third kappa shape index (κ3) is 1.25. The molecule has 0 aromatic carbocycles. The zero-order valence-electron chi connectivity index (χ0n) is 8.96. The van der Waals surface area contributed by atoms with Crippen LogP contribution in [0.25, 0.3) is 0 Å². The fourth-order valence-electron chi connectivity index (χ4n) is 2.67. The lowest BCUT2D eigenvalue weighted by Gasteiger charge is -2.19. The van der Waals surface area contributed by atoms with Gasteiger partial charge in [0.15, 0.2) is 0 Å². The van der Waals surface area contributed by atoms with Crippen molar-refractivity contribution in [2.75, 3.05) is 6.54 Å². The molecule has 2 nitrogen and oxygen atoms in total. The Morgan fingerprint density at radius 2 is 2.21 bits per heavy atom. The fourth-order valence-corrected chi connectivity index (χ4v) is 2.67. The minimum atomic E-state index is 0.302. The molecule has 0 radical (unpaired) electrons. The van der Waals surface area contributed by atoms with Gasteiger partial charge in [-0.15, -0.1) is 0 Å². The van der Waals surface area contributed by atoms with Gasteiger partial charge in [0.1, 0.15) is 0 Å². The minimum absolute atomic E-state index is 0.302. The van der Waals surface area contributed by atoms with Gasteiger partial charge >= 0.3 is 0 Å². The average Bonchev–Trinajstić information content (AvgIpc) is 2.72. The Labute approximate surface area is 85.5 Å². The van der Waals surface area contributed by atoms with Crippen LogP contribution in [0.15, 0.2) is 24.5 Å². The average molecular weight is 190 g/mol. The van der Waals surface area contributed by atoms with Crippen molar-refractivity contribution in [1.82, 2.24) is 4.98 Å². The third-order valence-corrected chi connectivity index (χ3v) is 3.70. The highest BCUT2D eigenvalue weighted by atomic mass is 14.7. The summed E-state index contributed by atoms with van der Waals surface area (Å²) in [4.78, 5) is 4.20. The van der Waals surface area contributed by atoms with Gasteiger partial charge in [-0.25, -0.2) is 0 Å². The van der Waals surface area contributed by atoms with Crippen LogP contribution < -0.4 is 5.73 Å². The SMILES string of the molecule is CC1(C)CC1(CCN)c1cccnc1. The molecule has 1 heterocycles. The van der Waals surface area contributed by atoms with Crippen LogP contribution in [-0.2, 0) is 5.41 Å². The highest BCUT2D eigenvalue weighted by Gasteiger charge is 2.61. The maximum absolute atomic E-state index is 5.69. The molecule has 1 aromatic rings. The van der Waals surface area contributed by atoms with E-state index in [2.05, 4.69) is 24.9 Å². The fraction of sp³-hybridized carbons (Fsp3) is 0.583. The second-order valence-corrected chi connectivity index (χ2v) is 4.92. The van der Waals surface area contributed by atoms with Gasteiger partial charge in [0, 0.05) is 17.8 Å². The first-order chi connectivity index (χ1) is 6.62. The van der Waals surface area contributed by atoms with E-state index in [9.17, 15) is 0 Å². The summed E-state index contributed by atoms with van der Waals surface area (Å²) in [5, 5.41) is 0. The molecule has 1 unspecified atom stereocenters. The first-order valence-corrected chi connectivity index (χ1v) is 5.23. The van der Waals surface area contributed by atoms with Crippen molar-refractivity contribution in [1.29, 1.82) is 0 Å². The lowest BCUT2D eigenvalue weighted by Crippen LogP contribution is -2.19. The normalized spacial score (nSPS) is 28.8. The van der Waals surface area contributed by atoms with Crippen molar-refractivity contribution in [3.8, 4) is 0 Å². The van der Waals surface area contributed by atoms with E-state index in [0.717, 1.165) is 13.0 Å². The van der Waals surface area contributed by atoms with Crippen molar-refractivity contribution < 1.29 is 0 Å². The Morgan fingerprint density at radius 3 is 2.64 bits per heavy atom. The number of nitrogens with zero attached hydrogens (tertiary/aromatic N) is 1. The summed E-state index contributed by atoms with van der Waals surface area (Å²) in [7, 11) is 0. The summed E-state index contributed by atoms with van der Waals surface area (Å²) < 4.78 is 0. The van der Waals surface area contributed by atoms with Gasteiger partial charge in [0.2, 0.25) is 0 Å². The molecule has 0 aliphatic heterocycles. The molecule has 0 amide bonds. The van der Waals surface area contributed by atoms with Crippen molar-refractivity contribution in [2.45, 2.75) is 32.1 Å². The standard InChI is InChI=1S/C12H18N2/c1-11(2)9-12(11,5-6-13)10-4-3-7-14-8-10/h3-4,7-8H,5-6,9,13H2,1-2H3. The van der Waals surface area contributed by atoms with E-state index in [1.54, 1.807) is 0 Å². The van der Waals surface area contributed by atoms with Gasteiger partial charge in [0.05, 0.1) is 0 Å². The second-order valence-electron chi connectivity index (χ2n) is 4.92. The van der Waals surface area contributed by atoms with E-state index < -0.39 is 0 Å². The lowest BCUT2D eigenvalue weighted by molar-refractivity contribution is 0.470. The first kappa shape index (κ1) is 9.66. The quantitative estimate of drug-likeness (QED) is 0.792. The molecule has 2 N–H and O–H groups in total. The minimum Gasteiger partial charge on any atom is -0.330 e. The van der Waals surface area contributed by atoms with E-state index in [0.29, 0.717) is 10.8 Å². The number of rotatable bonds is 3. The van der Waals surface area contributed by atoms with E-state index in [-0.39, 0.29) is 0 Å². The molecule has 14 heavy (non-hydrogen) atoms. The van der Waals surface area contributed by atoms with E-state index >= 15 is 0 Å². The number of pyridine rings is 1. The van der Waals surface area contributed by atoms with Gasteiger partial charge in [-0.3, -0.25) is 4.98 Å². The van der Waals surface area contributed by atoms with Gasteiger partial charge in [-0.05, 0) is 36.4 Å². The topological polar surface area (TPSA) is 38.9 Å². The molecular formula is C12H18N2. The van der Waals surface area contributed by atoms with Crippen LogP contribution in [0.3, 0.4) is 0 Å². The van der Waals surface area contributed by atoms with Crippen LogP contribution in [0.5, 0.6) is 0 Å². The number of nitrogens with two attached hydrogens (primary N) is 1. The van der Waals surface area contributed by atoms with Crippen molar-refractivity contribution in [2.24, 2.45) is 11.1 Å². The zero-order chi connectivity index (χ0) is 10.2. The molecule has 2 rings (SSSR count). The summed E-state index contributed by atoms with van der Waals surface area (Å²) in [6, 6.07) is 4.19. The molecule has 1 aliphatic carbocycles. The summed E-state index contributed by atoms with van der Waals surface area (Å²) in [6.45, 7) is 5.39. The second kappa shape index (κ2) is 3.06. The summed E-state index contributed by atoms with van der Waals surface area (Å²) >= 11 is 0. The highest BCUT2D eigenvalue weighted by molar-refractivity contribution is 5.34. The van der Waals surface area contributed by atoms with E-state index in [1.165, 1.54) is 12.0 Å². The van der Waals surface area contributed by atoms with Gasteiger partial charge in [-0.1, -0.05) is 19.9 Å². The predicted octanol–water partition coefficient (Wildman–Crippen LogP) is 2.10. The molecule has 2 heteroatoms. The molecule has 1 fully saturated rings. The maximum Gasteiger partial charge on any atom is 0.0305 e. The predicted molar refractivity (Wildman–Crippen MR) is 58.0 cm³/mol. The summed E-state index contributed by atoms with van der Waals surface area (Å²) in [5.74, 6) is 0. The molecule has 0 spiro atoms. The highest BCUT2D eigenvalue weighted by Crippen LogP contribution is 2.65. The molecule has 0 saturated heterocycles. The Hall–Kier alpha value is -0.890. The van der Waals surface area contributed by atoms with Gasteiger partial charge < -0.3 is 5.73 Å². The van der Waals surface area contributed by atoms with E-state index in [1.807, 2.05) is 18.5 Å². The number of hydrogen-bond acceptors (Lipinski definition) is 2. The molecular weight excluding hydrogens is 172 g/mol. The van der Waals surface area contributed by atoms with Crippen LogP contribution in [0.1, 0.15) is 32.3 Å². The molecule has 76 valence electrons. The summed E-state index contributed by atoms with van der Waals surface area (Å²) in [5.41, 5.74) is 7.75. The van der Waals surface area contributed by atoms with Crippen LogP contribution in [-0.4, -0.2) is 11.5 Å². The third-order valence-electron chi connectivity index (χ3n) is 3.70. The maximum atomic E-state index is 5.69. The van der Waals surface area contributed by atoms with Crippen LogP contribution in [0.2, 0.25) is 0 Å². The molecule has 1 aliphatic rings. The monoisotopic (exact) mass is 190 g/mol. The Bertz CT molecular complexity index is 318. The number of hydrogen-bond donors (Lipinski definition) is 1. The smallest absolute Gasteiger partial charge is 0.0305 e. The molecule has 1 saturated carbocycles. The van der Waals surface area contributed by atoms with Crippen molar-refractivity contribution >= 4 is 0 Å². The molecule has 1 atom stereocenters. The Balaban J connectivity index is 2.31. The van der Waals surface area contributed by atoms with Gasteiger partial charge in [-0.2, -0.15) is 0 Å². The first-order valence-electron chi connectivity index (χ1n) is 5.23. The lowest BCUT2D eigenvalue weighted by atomic mass is 9.86. The van der Waals surface area contributed by atoms with Crippen LogP contribution in [0.4, 0.5) is 0 Å². The largest absolute Gasteiger partial charge is 0.330 e. The molecule has 1 aromatic heterocycles. The van der Waals surface area contributed by atoms with Gasteiger partial charge in [0.25, 0.3) is 0 Å². The zero-order valence-corrected chi connectivity index (χ0v) is 8.96. The van der Waals surface area contributed by atoms with Crippen molar-refractivity contribution in [3.63, 3.8) is 0 Å². The molecule has 0 bridgehead atoms.